The fourth-order valence-electron chi connectivity index (χ4n) is 6.05. The number of nitro benzene ring substituents is 1. The lowest BCUT2D eigenvalue weighted by Crippen LogP contribution is -2.66. The average Bonchev–Trinajstić information content (AvgIpc) is 3.25. The molecule has 0 N–H and O–H groups in total. The quantitative estimate of drug-likeness (QED) is 0.127. The topological polar surface area (TPSA) is 133 Å². The van der Waals surface area contributed by atoms with Crippen molar-refractivity contribution in [1.29, 1.82) is 0 Å². The van der Waals surface area contributed by atoms with Crippen molar-refractivity contribution in [2.45, 2.75) is 22.9 Å². The van der Waals surface area contributed by atoms with E-state index in [0.29, 0.717) is 5.56 Å². The molecule has 1 aromatic heterocycles. The van der Waals surface area contributed by atoms with Gasteiger partial charge in [0.15, 0.2) is 17.3 Å². The van der Waals surface area contributed by atoms with Crippen LogP contribution >= 0.6 is 11.8 Å². The number of fused-ring (bicyclic) bond motifs is 4. The third kappa shape index (κ3) is 5.26. The number of non-ortho nitro benzene ring substituents is 1. The molecular formula is C32H24F2N4O8S. The minimum Gasteiger partial charge on any atom is -0.451 e. The molecule has 0 aliphatic carbocycles. The van der Waals surface area contributed by atoms with E-state index in [0.717, 1.165) is 28.7 Å². The summed E-state index contributed by atoms with van der Waals surface area (Å²) in [6, 6.07) is 15.2. The van der Waals surface area contributed by atoms with Gasteiger partial charge in [-0.15, -0.1) is 11.8 Å². The van der Waals surface area contributed by atoms with E-state index in [1.165, 1.54) is 51.8 Å². The Kier molecular flexibility index (Phi) is 7.85. The molecule has 3 aliphatic heterocycles. The third-order valence-electron chi connectivity index (χ3n) is 8.24. The van der Waals surface area contributed by atoms with E-state index in [9.17, 15) is 28.9 Å². The Hall–Kier alpha value is -5.28. The molecule has 2 atom stereocenters. The number of amides is 1. The molecule has 12 nitrogen and oxygen atoms in total. The summed E-state index contributed by atoms with van der Waals surface area (Å²) < 4.78 is 48.0. The molecule has 0 radical (unpaired) electrons. The van der Waals surface area contributed by atoms with E-state index < -0.39 is 52.9 Å². The first kappa shape index (κ1) is 30.4. The number of ether oxygens (including phenoxy) is 3. The number of carbonyl (C=O) groups excluding carboxylic acids is 2. The maximum atomic E-state index is 15.4. The van der Waals surface area contributed by atoms with Gasteiger partial charge in [-0.3, -0.25) is 29.4 Å². The number of rotatable bonds is 6. The highest BCUT2D eigenvalue weighted by molar-refractivity contribution is 7.98. The van der Waals surface area contributed by atoms with Crippen LogP contribution in [0.1, 0.15) is 43.6 Å². The van der Waals surface area contributed by atoms with Crippen LogP contribution in [-0.2, 0) is 15.2 Å². The van der Waals surface area contributed by atoms with Gasteiger partial charge in [-0.25, -0.2) is 13.6 Å². The van der Waals surface area contributed by atoms with Crippen LogP contribution in [0.15, 0.2) is 82.6 Å². The number of esters is 1. The summed E-state index contributed by atoms with van der Waals surface area (Å²) in [6.45, 7) is -0.265. The van der Waals surface area contributed by atoms with Crippen molar-refractivity contribution in [2.75, 3.05) is 31.6 Å². The van der Waals surface area contributed by atoms with Gasteiger partial charge in [0.2, 0.25) is 18.0 Å². The van der Waals surface area contributed by atoms with Gasteiger partial charge in [0.05, 0.1) is 29.7 Å². The fourth-order valence-corrected chi connectivity index (χ4v) is 7.17. The molecule has 1 saturated heterocycles. The fraction of sp³-hybridized carbons (Fsp3) is 0.219. The number of thioether (sulfide) groups is 1. The van der Waals surface area contributed by atoms with Gasteiger partial charge in [-0.05, 0) is 35.4 Å². The highest BCUT2D eigenvalue weighted by atomic mass is 32.2. The van der Waals surface area contributed by atoms with Gasteiger partial charge in [0.1, 0.15) is 6.17 Å². The van der Waals surface area contributed by atoms with Gasteiger partial charge < -0.3 is 19.1 Å². The maximum absolute atomic E-state index is 15.4. The molecule has 3 aromatic carbocycles. The standard InChI is InChI=1S/C32H24F2N4O8S/c33-23-10-9-20-22(27(23)34)16-47-25-4-2-1-3-21(25)28(20)37-26-15-44-14-13-35(26)31(40)29-30(24(39)11-12-36(29)37)45-17-46-32(41)18-5-7-19(8-6-18)38(42)43/h1-12,26,28H,13-17H2/t26-,28+/m1/s1. The van der Waals surface area contributed by atoms with Crippen molar-refractivity contribution in [3.63, 3.8) is 0 Å². The van der Waals surface area contributed by atoms with Crippen molar-refractivity contribution in [1.82, 2.24) is 9.58 Å². The van der Waals surface area contributed by atoms with Gasteiger partial charge in [0, 0.05) is 47.2 Å². The second-order valence-electron chi connectivity index (χ2n) is 10.8. The highest BCUT2D eigenvalue weighted by Crippen LogP contribution is 2.45. The molecule has 4 aromatic rings. The van der Waals surface area contributed by atoms with Crippen molar-refractivity contribution in [3.05, 3.63) is 133 Å². The molecule has 0 bridgehead atoms. The van der Waals surface area contributed by atoms with Gasteiger partial charge in [-0.2, -0.15) is 0 Å². The van der Waals surface area contributed by atoms with Gasteiger partial charge >= 0.3 is 5.97 Å². The molecular weight excluding hydrogens is 638 g/mol. The van der Waals surface area contributed by atoms with Crippen LogP contribution in [0.3, 0.4) is 0 Å². The summed E-state index contributed by atoms with van der Waals surface area (Å²) in [6.07, 6.45) is 0.707. The molecule has 240 valence electrons. The smallest absolute Gasteiger partial charge is 0.341 e. The lowest BCUT2D eigenvalue weighted by molar-refractivity contribution is -0.384. The van der Waals surface area contributed by atoms with Crippen molar-refractivity contribution < 1.29 is 37.5 Å². The first-order valence-electron chi connectivity index (χ1n) is 14.4. The molecule has 7 rings (SSSR count). The molecule has 1 amide bonds. The van der Waals surface area contributed by atoms with Crippen LogP contribution < -0.4 is 15.2 Å². The van der Waals surface area contributed by atoms with Crippen LogP contribution in [0.5, 0.6) is 5.75 Å². The normalized spacial score (nSPS) is 18.3. The van der Waals surface area contributed by atoms with Crippen molar-refractivity contribution >= 4 is 29.3 Å². The van der Waals surface area contributed by atoms with E-state index in [4.69, 9.17) is 14.2 Å². The number of nitrogens with zero attached hydrogens (tertiary/aromatic N) is 4. The Morgan fingerprint density at radius 1 is 1.04 bits per heavy atom. The maximum Gasteiger partial charge on any atom is 0.341 e. The van der Waals surface area contributed by atoms with Crippen LogP contribution in [-0.4, -0.2) is 59.1 Å². The van der Waals surface area contributed by atoms with Crippen molar-refractivity contribution in [2.24, 2.45) is 0 Å². The summed E-state index contributed by atoms with van der Waals surface area (Å²) in [5.74, 6) is -3.57. The largest absolute Gasteiger partial charge is 0.451 e. The third-order valence-corrected chi connectivity index (χ3v) is 9.36. The van der Waals surface area contributed by atoms with E-state index in [2.05, 4.69) is 0 Å². The van der Waals surface area contributed by atoms with Crippen LogP contribution in [0.25, 0.3) is 0 Å². The second kappa shape index (κ2) is 12.1. The zero-order valence-corrected chi connectivity index (χ0v) is 25.2. The van der Waals surface area contributed by atoms with Crippen molar-refractivity contribution in [3.8, 4) is 5.75 Å². The first-order valence-corrected chi connectivity index (χ1v) is 15.4. The number of carbonyl (C=O) groups is 2. The Labute approximate surface area is 269 Å². The molecule has 4 heterocycles. The number of nitro groups is 1. The number of benzene rings is 3. The number of pyridine rings is 1. The van der Waals surface area contributed by atoms with E-state index in [-0.39, 0.29) is 53.8 Å². The Morgan fingerprint density at radius 3 is 2.62 bits per heavy atom. The van der Waals surface area contributed by atoms with E-state index in [1.807, 2.05) is 24.3 Å². The predicted octanol–water partition coefficient (Wildman–Crippen LogP) is 4.37. The molecule has 0 saturated carbocycles. The summed E-state index contributed by atoms with van der Waals surface area (Å²) in [5, 5.41) is 12.7. The molecule has 15 heteroatoms. The summed E-state index contributed by atoms with van der Waals surface area (Å²) >= 11 is 1.36. The molecule has 47 heavy (non-hydrogen) atoms. The number of hydrogen-bond donors (Lipinski definition) is 0. The summed E-state index contributed by atoms with van der Waals surface area (Å²) in [5.41, 5.74) is 0.409. The lowest BCUT2D eigenvalue weighted by atomic mass is 9.93. The molecule has 0 spiro atoms. The average molecular weight is 663 g/mol. The van der Waals surface area contributed by atoms with Crippen LogP contribution in [0, 0.1) is 21.7 Å². The number of halogens is 2. The number of aromatic nitrogens is 1. The second-order valence-corrected chi connectivity index (χ2v) is 11.8. The van der Waals surface area contributed by atoms with Crippen LogP contribution in [0.4, 0.5) is 14.5 Å². The van der Waals surface area contributed by atoms with E-state index >= 15 is 4.39 Å². The minimum atomic E-state index is -0.978. The zero-order valence-electron chi connectivity index (χ0n) is 24.3. The predicted molar refractivity (Wildman–Crippen MR) is 163 cm³/mol. The highest BCUT2D eigenvalue weighted by Gasteiger charge is 2.46. The summed E-state index contributed by atoms with van der Waals surface area (Å²) in [4.78, 5) is 52.5. The summed E-state index contributed by atoms with van der Waals surface area (Å²) in [7, 11) is 0. The van der Waals surface area contributed by atoms with Gasteiger partial charge in [0.25, 0.3) is 11.6 Å². The first-order chi connectivity index (χ1) is 22.7. The molecule has 3 aliphatic rings. The minimum absolute atomic E-state index is 0.0108. The lowest BCUT2D eigenvalue weighted by Gasteiger charge is -2.51. The number of morpholine rings is 1. The Balaban J connectivity index is 1.31. The van der Waals surface area contributed by atoms with Gasteiger partial charge in [-0.1, -0.05) is 24.3 Å². The molecule has 0 unspecified atom stereocenters. The van der Waals surface area contributed by atoms with Crippen LogP contribution in [0.2, 0.25) is 0 Å². The molecule has 1 fully saturated rings. The zero-order chi connectivity index (χ0) is 32.8. The SMILES string of the molecule is O=C(OCOc1c2n(ccc1=O)N([C@@H]1c3ccccc3SCc3c1ccc(F)c3F)[C@@H]1COCCN1C2=O)c1ccc([N+](=O)[O-])cc1. The number of hydrogen-bond acceptors (Lipinski definition) is 10. The monoisotopic (exact) mass is 662 g/mol. The van der Waals surface area contributed by atoms with E-state index in [1.54, 1.807) is 5.01 Å². The Morgan fingerprint density at radius 2 is 1.83 bits per heavy atom. The Bertz CT molecular complexity index is 1990.